The van der Waals surface area contributed by atoms with Crippen LogP contribution in [0.1, 0.15) is 37.5 Å². The van der Waals surface area contributed by atoms with Gasteiger partial charge in [0.25, 0.3) is 0 Å². The number of furan rings is 1. The summed E-state index contributed by atoms with van der Waals surface area (Å²) in [5, 5.41) is 6.73. The Kier molecular flexibility index (Phi) is 9.14. The first-order valence-corrected chi connectivity index (χ1v) is 9.50. The summed E-state index contributed by atoms with van der Waals surface area (Å²) < 4.78 is 10.9. The number of guanidine groups is 1. The molecule has 5 nitrogen and oxygen atoms in total. The van der Waals surface area contributed by atoms with E-state index in [-0.39, 0.29) is 29.4 Å². The van der Waals surface area contributed by atoms with Crippen LogP contribution in [0.4, 0.5) is 0 Å². The fraction of sp³-hybridized carbons (Fsp3) is 0.476. The standard InChI is InChI=1S/C21H29N3O2.HI/c1-2-22-20(23-13-7-14-25-16-19-10-6-15-26-19)24-17-21(11-12-21)18-8-4-3-5-9-18;/h3-6,8-10,15H,2,7,11-14,16-17H2,1H3,(H2,22,23,24);1H. The van der Waals surface area contributed by atoms with Gasteiger partial charge in [0.1, 0.15) is 12.4 Å². The van der Waals surface area contributed by atoms with E-state index in [2.05, 4.69) is 47.9 Å². The Morgan fingerprint density at radius 3 is 2.63 bits per heavy atom. The number of nitrogens with zero attached hydrogens (tertiary/aromatic N) is 1. The van der Waals surface area contributed by atoms with Crippen LogP contribution in [0.2, 0.25) is 0 Å². The molecule has 0 aliphatic heterocycles. The zero-order valence-corrected chi connectivity index (χ0v) is 18.3. The predicted molar refractivity (Wildman–Crippen MR) is 120 cm³/mol. The summed E-state index contributed by atoms with van der Waals surface area (Å²) in [6.07, 6.45) is 5.04. The molecule has 1 saturated carbocycles. The summed E-state index contributed by atoms with van der Waals surface area (Å²) in [4.78, 5) is 4.82. The van der Waals surface area contributed by atoms with Crippen LogP contribution in [0, 0.1) is 0 Å². The smallest absolute Gasteiger partial charge is 0.191 e. The number of benzene rings is 1. The van der Waals surface area contributed by atoms with Crippen molar-refractivity contribution >= 4 is 29.9 Å². The largest absolute Gasteiger partial charge is 0.467 e. The van der Waals surface area contributed by atoms with Crippen LogP contribution in [0.3, 0.4) is 0 Å². The first-order valence-electron chi connectivity index (χ1n) is 9.50. The monoisotopic (exact) mass is 483 g/mol. The zero-order valence-electron chi connectivity index (χ0n) is 15.9. The van der Waals surface area contributed by atoms with E-state index >= 15 is 0 Å². The molecular weight excluding hydrogens is 453 g/mol. The van der Waals surface area contributed by atoms with E-state index in [1.165, 1.54) is 18.4 Å². The highest BCUT2D eigenvalue weighted by Crippen LogP contribution is 2.48. The second-order valence-corrected chi connectivity index (χ2v) is 6.75. The molecule has 0 unspecified atom stereocenters. The normalized spacial score (nSPS) is 15.1. The second kappa shape index (κ2) is 11.3. The highest BCUT2D eigenvalue weighted by atomic mass is 127. The van der Waals surface area contributed by atoms with Gasteiger partial charge in [-0.05, 0) is 43.9 Å². The van der Waals surface area contributed by atoms with Crippen LogP contribution >= 0.6 is 24.0 Å². The molecule has 27 heavy (non-hydrogen) atoms. The number of ether oxygens (including phenoxy) is 1. The molecule has 0 bridgehead atoms. The molecule has 0 radical (unpaired) electrons. The van der Waals surface area contributed by atoms with E-state index < -0.39 is 0 Å². The van der Waals surface area contributed by atoms with Crippen LogP contribution in [-0.2, 0) is 16.8 Å². The second-order valence-electron chi connectivity index (χ2n) is 6.75. The first-order chi connectivity index (χ1) is 12.8. The third kappa shape index (κ3) is 6.84. The maximum Gasteiger partial charge on any atom is 0.191 e. The van der Waals surface area contributed by atoms with Crippen molar-refractivity contribution < 1.29 is 9.15 Å². The van der Waals surface area contributed by atoms with Gasteiger partial charge in [-0.25, -0.2) is 0 Å². The molecule has 0 saturated heterocycles. The van der Waals surface area contributed by atoms with Gasteiger partial charge < -0.3 is 19.8 Å². The Hall–Kier alpha value is -1.54. The maximum absolute atomic E-state index is 5.61. The molecule has 2 aromatic rings. The topological polar surface area (TPSA) is 58.8 Å². The fourth-order valence-corrected chi connectivity index (χ4v) is 3.00. The summed E-state index contributed by atoms with van der Waals surface area (Å²) in [5.74, 6) is 1.75. The SMILES string of the molecule is CCNC(=NCC1(c2ccccc2)CC1)NCCCOCc1ccco1.I. The molecule has 0 amide bonds. The molecule has 1 aliphatic carbocycles. The molecule has 1 fully saturated rings. The predicted octanol–water partition coefficient (Wildman–Crippen LogP) is 4.09. The summed E-state index contributed by atoms with van der Waals surface area (Å²) in [5.41, 5.74) is 1.65. The van der Waals surface area contributed by atoms with Gasteiger partial charge in [-0.15, -0.1) is 24.0 Å². The summed E-state index contributed by atoms with van der Waals surface area (Å²) >= 11 is 0. The van der Waals surface area contributed by atoms with Crippen molar-refractivity contribution in [3.63, 3.8) is 0 Å². The quantitative estimate of drug-likeness (QED) is 0.231. The van der Waals surface area contributed by atoms with Gasteiger partial charge in [0, 0.05) is 25.1 Å². The highest BCUT2D eigenvalue weighted by Gasteiger charge is 2.43. The molecule has 148 valence electrons. The molecule has 1 aromatic heterocycles. The minimum atomic E-state index is 0. The Bertz CT molecular complexity index is 670. The third-order valence-electron chi connectivity index (χ3n) is 4.71. The van der Waals surface area contributed by atoms with Crippen molar-refractivity contribution in [2.24, 2.45) is 4.99 Å². The summed E-state index contributed by atoms with van der Waals surface area (Å²) in [7, 11) is 0. The van der Waals surface area contributed by atoms with Crippen LogP contribution in [-0.4, -0.2) is 32.2 Å². The van der Waals surface area contributed by atoms with Crippen molar-refractivity contribution in [1.82, 2.24) is 10.6 Å². The number of nitrogens with one attached hydrogen (secondary N) is 2. The van der Waals surface area contributed by atoms with E-state index in [1.54, 1.807) is 6.26 Å². The molecule has 2 N–H and O–H groups in total. The lowest BCUT2D eigenvalue weighted by molar-refractivity contribution is 0.105. The van der Waals surface area contributed by atoms with E-state index in [4.69, 9.17) is 14.1 Å². The van der Waals surface area contributed by atoms with Gasteiger partial charge in [0.05, 0.1) is 12.8 Å². The minimum absolute atomic E-state index is 0. The molecule has 3 rings (SSSR count). The van der Waals surface area contributed by atoms with Crippen molar-refractivity contribution in [1.29, 1.82) is 0 Å². The first kappa shape index (κ1) is 21.8. The van der Waals surface area contributed by atoms with Crippen LogP contribution in [0.5, 0.6) is 0 Å². The number of halogens is 1. The number of hydrogen-bond acceptors (Lipinski definition) is 3. The fourth-order valence-electron chi connectivity index (χ4n) is 3.00. The Morgan fingerprint density at radius 1 is 1.15 bits per heavy atom. The van der Waals surface area contributed by atoms with E-state index in [1.807, 2.05) is 12.1 Å². The molecular formula is C21H30IN3O2. The van der Waals surface area contributed by atoms with E-state index in [0.29, 0.717) is 13.2 Å². The third-order valence-corrected chi connectivity index (χ3v) is 4.71. The van der Waals surface area contributed by atoms with Gasteiger partial charge in [-0.1, -0.05) is 30.3 Å². The summed E-state index contributed by atoms with van der Waals surface area (Å²) in [6, 6.07) is 14.5. The Morgan fingerprint density at radius 2 is 1.96 bits per heavy atom. The van der Waals surface area contributed by atoms with Crippen molar-refractivity contribution in [2.75, 3.05) is 26.2 Å². The zero-order chi connectivity index (χ0) is 18.1. The maximum atomic E-state index is 5.61. The van der Waals surface area contributed by atoms with E-state index in [0.717, 1.165) is 37.8 Å². The van der Waals surface area contributed by atoms with Crippen molar-refractivity contribution in [3.05, 3.63) is 60.1 Å². The lowest BCUT2D eigenvalue weighted by Gasteiger charge is -2.16. The lowest BCUT2D eigenvalue weighted by Crippen LogP contribution is -2.38. The van der Waals surface area contributed by atoms with Gasteiger partial charge >= 0.3 is 0 Å². The van der Waals surface area contributed by atoms with Gasteiger partial charge in [-0.2, -0.15) is 0 Å². The van der Waals surface area contributed by atoms with Crippen LogP contribution < -0.4 is 10.6 Å². The van der Waals surface area contributed by atoms with Crippen LogP contribution in [0.15, 0.2) is 58.1 Å². The molecule has 6 heteroatoms. The molecule has 1 heterocycles. The molecule has 1 aromatic carbocycles. The average molecular weight is 483 g/mol. The molecule has 1 aliphatic rings. The number of rotatable bonds is 10. The molecule has 0 atom stereocenters. The Labute approximate surface area is 179 Å². The van der Waals surface area contributed by atoms with Gasteiger partial charge in [0.2, 0.25) is 0 Å². The highest BCUT2D eigenvalue weighted by molar-refractivity contribution is 14.0. The average Bonchev–Trinajstić information content (AvgIpc) is 3.29. The minimum Gasteiger partial charge on any atom is -0.467 e. The van der Waals surface area contributed by atoms with Crippen molar-refractivity contribution in [2.45, 2.75) is 38.2 Å². The van der Waals surface area contributed by atoms with Crippen molar-refractivity contribution in [3.8, 4) is 0 Å². The lowest BCUT2D eigenvalue weighted by atomic mass is 9.96. The number of hydrogen-bond donors (Lipinski definition) is 2. The van der Waals surface area contributed by atoms with Gasteiger partial charge in [0.15, 0.2) is 5.96 Å². The number of aliphatic imine (C=N–C) groups is 1. The van der Waals surface area contributed by atoms with E-state index in [9.17, 15) is 0 Å². The van der Waals surface area contributed by atoms with Gasteiger partial charge in [-0.3, -0.25) is 4.99 Å². The Balaban J connectivity index is 0.00000261. The van der Waals surface area contributed by atoms with Crippen LogP contribution in [0.25, 0.3) is 0 Å². The molecule has 0 spiro atoms. The summed E-state index contributed by atoms with van der Waals surface area (Å²) in [6.45, 7) is 5.85.